The Balaban J connectivity index is 1.59. The largest absolute Gasteiger partial charge is 0.369 e. The van der Waals surface area contributed by atoms with Crippen LogP contribution in [0.1, 0.15) is 17.5 Å². The molecule has 2 aromatic rings. The van der Waals surface area contributed by atoms with E-state index in [0.717, 1.165) is 24.2 Å². The van der Waals surface area contributed by atoms with Crippen LogP contribution in [0.25, 0.3) is 5.57 Å². The van der Waals surface area contributed by atoms with Gasteiger partial charge in [-0.05, 0) is 35.8 Å². The summed E-state index contributed by atoms with van der Waals surface area (Å²) in [5.74, 6) is 0. The quantitative estimate of drug-likeness (QED) is 0.769. The Hall–Kier alpha value is -2.37. The highest BCUT2D eigenvalue weighted by Gasteiger charge is 2.46. The van der Waals surface area contributed by atoms with Gasteiger partial charge in [0, 0.05) is 44.5 Å². The molecule has 1 unspecified atom stereocenters. The number of hydrogen-bond donors (Lipinski definition) is 0. The van der Waals surface area contributed by atoms with Crippen molar-refractivity contribution in [2.24, 2.45) is 0 Å². The number of sulfone groups is 1. The lowest BCUT2D eigenvalue weighted by Gasteiger charge is -2.47. The Morgan fingerprint density at radius 1 is 0.897 bits per heavy atom. The van der Waals surface area contributed by atoms with Crippen LogP contribution in [-0.4, -0.2) is 50.6 Å². The molecule has 0 spiro atoms. The Kier molecular flexibility index (Phi) is 5.36. The van der Waals surface area contributed by atoms with Gasteiger partial charge in [0.05, 0.1) is 0 Å². The van der Waals surface area contributed by atoms with Gasteiger partial charge in [-0.2, -0.15) is 0 Å². The number of nitrogens with zero attached hydrogens (tertiary/aromatic N) is 2. The highest BCUT2D eigenvalue weighted by Crippen LogP contribution is 2.39. The molecule has 1 fully saturated rings. The average Bonchev–Trinajstić information content (AvgIpc) is 2.74. The second kappa shape index (κ2) is 7.81. The van der Waals surface area contributed by atoms with Crippen molar-refractivity contribution < 1.29 is 8.42 Å². The molecule has 29 heavy (non-hydrogen) atoms. The van der Waals surface area contributed by atoms with Crippen molar-refractivity contribution in [2.75, 3.05) is 37.3 Å². The molecule has 1 aliphatic heterocycles. The van der Waals surface area contributed by atoms with E-state index in [1.807, 2.05) is 48.6 Å². The molecular weight excluding hydrogens is 380 g/mol. The summed E-state index contributed by atoms with van der Waals surface area (Å²) in [6.45, 7) is 5.20. The van der Waals surface area contributed by atoms with Gasteiger partial charge in [0.15, 0.2) is 9.84 Å². The van der Waals surface area contributed by atoms with Crippen molar-refractivity contribution in [3.05, 3.63) is 84.0 Å². The first-order chi connectivity index (χ1) is 13.9. The molecule has 0 bridgehead atoms. The molecule has 0 radical (unpaired) electrons. The molecule has 5 heteroatoms. The first-order valence-corrected chi connectivity index (χ1v) is 12.0. The van der Waals surface area contributed by atoms with E-state index in [1.54, 1.807) is 0 Å². The molecule has 1 atom stereocenters. The molecule has 1 aliphatic carbocycles. The summed E-state index contributed by atoms with van der Waals surface area (Å²) in [7, 11) is -3.34. The van der Waals surface area contributed by atoms with Gasteiger partial charge >= 0.3 is 0 Å². The van der Waals surface area contributed by atoms with Crippen LogP contribution in [0.4, 0.5) is 5.69 Å². The second-order valence-electron chi connectivity index (χ2n) is 7.97. The number of benzene rings is 2. The summed E-state index contributed by atoms with van der Waals surface area (Å²) in [4.78, 5) is 3.54. The normalized spacial score (nSPS) is 23.1. The third-order valence-electron chi connectivity index (χ3n) is 6.16. The molecule has 152 valence electrons. The number of para-hydroxylation sites is 1. The highest BCUT2D eigenvalue weighted by molar-refractivity contribution is 7.92. The van der Waals surface area contributed by atoms with Gasteiger partial charge in [-0.25, -0.2) is 8.42 Å². The number of anilines is 1. The summed E-state index contributed by atoms with van der Waals surface area (Å²) in [6, 6.07) is 18.5. The van der Waals surface area contributed by atoms with Crippen LogP contribution in [0.2, 0.25) is 0 Å². The SMILES string of the molecule is Cc1ccccc1N1CCN(C2(S(C)(=O)=O)C=CC=C(c3ccccc3)C2)CC1. The zero-order valence-electron chi connectivity index (χ0n) is 17.1. The first kappa shape index (κ1) is 19.9. The maximum Gasteiger partial charge on any atom is 0.170 e. The van der Waals surface area contributed by atoms with Gasteiger partial charge in [-0.15, -0.1) is 0 Å². The third kappa shape index (κ3) is 3.77. The number of rotatable bonds is 4. The van der Waals surface area contributed by atoms with Crippen molar-refractivity contribution >= 4 is 21.1 Å². The topological polar surface area (TPSA) is 40.6 Å². The van der Waals surface area contributed by atoms with Crippen LogP contribution in [0.3, 0.4) is 0 Å². The maximum absolute atomic E-state index is 13.1. The molecular formula is C24H28N2O2S. The summed E-state index contributed by atoms with van der Waals surface area (Å²) < 4.78 is 26.1. The third-order valence-corrected chi connectivity index (χ3v) is 7.98. The average molecular weight is 409 g/mol. The zero-order chi connectivity index (χ0) is 20.5. The van der Waals surface area contributed by atoms with E-state index in [2.05, 4.69) is 41.0 Å². The molecule has 1 saturated heterocycles. The zero-order valence-corrected chi connectivity index (χ0v) is 17.9. The van der Waals surface area contributed by atoms with Gasteiger partial charge in [0.1, 0.15) is 4.87 Å². The van der Waals surface area contributed by atoms with Crippen molar-refractivity contribution in [3.8, 4) is 0 Å². The van der Waals surface area contributed by atoms with Crippen molar-refractivity contribution in [1.82, 2.24) is 4.90 Å². The summed E-state index contributed by atoms with van der Waals surface area (Å²) >= 11 is 0. The lowest BCUT2D eigenvalue weighted by molar-refractivity contribution is 0.185. The predicted molar refractivity (Wildman–Crippen MR) is 121 cm³/mol. The van der Waals surface area contributed by atoms with Gasteiger partial charge < -0.3 is 4.90 Å². The van der Waals surface area contributed by atoms with E-state index in [1.165, 1.54) is 17.5 Å². The van der Waals surface area contributed by atoms with E-state index in [-0.39, 0.29) is 0 Å². The van der Waals surface area contributed by atoms with Crippen LogP contribution in [0, 0.1) is 6.92 Å². The predicted octanol–water partition coefficient (Wildman–Crippen LogP) is 3.90. The minimum Gasteiger partial charge on any atom is -0.369 e. The minimum absolute atomic E-state index is 0.483. The Morgan fingerprint density at radius 2 is 1.55 bits per heavy atom. The van der Waals surface area contributed by atoms with Gasteiger partial charge in [-0.1, -0.05) is 60.7 Å². The molecule has 2 aliphatic rings. The van der Waals surface area contributed by atoms with Crippen LogP contribution >= 0.6 is 0 Å². The molecule has 0 aromatic heterocycles. The van der Waals surface area contributed by atoms with E-state index in [0.29, 0.717) is 19.5 Å². The van der Waals surface area contributed by atoms with Crippen LogP contribution in [0.5, 0.6) is 0 Å². The number of piperazine rings is 1. The van der Waals surface area contributed by atoms with E-state index in [4.69, 9.17) is 0 Å². The summed E-state index contributed by atoms with van der Waals surface area (Å²) in [5.41, 5.74) is 4.65. The Labute approximate surface area is 174 Å². The first-order valence-electron chi connectivity index (χ1n) is 10.1. The van der Waals surface area contributed by atoms with Gasteiger partial charge in [0.25, 0.3) is 0 Å². The highest BCUT2D eigenvalue weighted by atomic mass is 32.2. The van der Waals surface area contributed by atoms with Gasteiger partial charge in [-0.3, -0.25) is 4.90 Å². The minimum atomic E-state index is -3.34. The van der Waals surface area contributed by atoms with Gasteiger partial charge in [0.2, 0.25) is 0 Å². The fraction of sp³-hybridized carbons (Fsp3) is 0.333. The van der Waals surface area contributed by atoms with Crippen LogP contribution in [-0.2, 0) is 9.84 Å². The summed E-state index contributed by atoms with van der Waals surface area (Å²) in [6.07, 6.45) is 7.71. The smallest absolute Gasteiger partial charge is 0.170 e. The van der Waals surface area contributed by atoms with Crippen molar-refractivity contribution in [3.63, 3.8) is 0 Å². The standard InChI is InChI=1S/C24H28N2O2S/c1-20-9-6-7-13-23(20)25-15-17-26(18-16-25)24(29(2,27)28)14-8-12-22(19-24)21-10-4-3-5-11-21/h3-14H,15-19H2,1-2H3. The second-order valence-corrected chi connectivity index (χ2v) is 10.2. The van der Waals surface area contributed by atoms with Crippen molar-refractivity contribution in [2.45, 2.75) is 18.2 Å². The molecule has 4 rings (SSSR count). The van der Waals surface area contributed by atoms with Crippen molar-refractivity contribution in [1.29, 1.82) is 0 Å². The molecule has 0 amide bonds. The van der Waals surface area contributed by atoms with Crippen LogP contribution < -0.4 is 4.90 Å². The fourth-order valence-corrected chi connectivity index (χ4v) is 5.90. The molecule has 0 saturated carbocycles. The van der Waals surface area contributed by atoms with E-state index < -0.39 is 14.7 Å². The fourth-order valence-electron chi connectivity index (χ4n) is 4.51. The summed E-state index contributed by atoms with van der Waals surface area (Å²) in [5, 5.41) is 0. The Bertz CT molecular complexity index is 1040. The molecule has 0 N–H and O–H groups in total. The maximum atomic E-state index is 13.1. The molecule has 2 aromatic carbocycles. The monoisotopic (exact) mass is 408 g/mol. The van der Waals surface area contributed by atoms with E-state index >= 15 is 0 Å². The molecule has 1 heterocycles. The molecule has 4 nitrogen and oxygen atoms in total. The van der Waals surface area contributed by atoms with E-state index in [9.17, 15) is 8.42 Å². The Morgan fingerprint density at radius 3 is 2.21 bits per heavy atom. The number of allylic oxidation sites excluding steroid dienone is 2. The number of aryl methyl sites for hydroxylation is 1. The lowest BCUT2D eigenvalue weighted by atomic mass is 9.92. The van der Waals surface area contributed by atoms with Crippen LogP contribution in [0.15, 0.2) is 72.8 Å². The lowest BCUT2D eigenvalue weighted by Crippen LogP contribution is -2.60. The number of hydrogen-bond acceptors (Lipinski definition) is 4.